The van der Waals surface area contributed by atoms with E-state index in [0.29, 0.717) is 60.2 Å². The first-order chi connectivity index (χ1) is 27.9. The number of pyridine rings is 1. The summed E-state index contributed by atoms with van der Waals surface area (Å²) in [5.41, 5.74) is 3.94. The largest absolute Gasteiger partial charge is 0.475 e. The van der Waals surface area contributed by atoms with Gasteiger partial charge in [0.25, 0.3) is 0 Å². The number of benzene rings is 3. The van der Waals surface area contributed by atoms with Crippen molar-refractivity contribution >= 4 is 33.6 Å². The number of aromatic nitrogens is 3. The third-order valence-electron chi connectivity index (χ3n) is 12.8. The molecule has 0 spiro atoms. The van der Waals surface area contributed by atoms with Crippen LogP contribution in [0.4, 0.5) is 15.0 Å². The van der Waals surface area contributed by atoms with Crippen molar-refractivity contribution in [3.05, 3.63) is 77.9 Å². The fourth-order valence-corrected chi connectivity index (χ4v) is 10.2. The van der Waals surface area contributed by atoms with Crippen LogP contribution in [0.5, 0.6) is 17.6 Å². The van der Waals surface area contributed by atoms with Crippen LogP contribution < -0.4 is 19.1 Å². The molecule has 5 atom stereocenters. The highest BCUT2D eigenvalue weighted by Gasteiger charge is 2.52. The summed E-state index contributed by atoms with van der Waals surface area (Å²) in [6.45, 7) is 4.90. The number of hydrogen-bond acceptors (Lipinski definition) is 11. The average Bonchev–Trinajstić information content (AvgIpc) is 3.84. The molecule has 0 radical (unpaired) electrons. The van der Waals surface area contributed by atoms with E-state index in [-0.39, 0.29) is 55.8 Å². The predicted octanol–water partition coefficient (Wildman–Crippen LogP) is 7.10. The van der Waals surface area contributed by atoms with Crippen LogP contribution in [0.1, 0.15) is 50.2 Å². The number of ether oxygens (including phenoxy) is 5. The quantitative estimate of drug-likeness (QED) is 0.136. The fraction of sp³-hybridized carbons (Fsp3) is 0.455. The maximum atomic E-state index is 14.8. The lowest BCUT2D eigenvalue weighted by molar-refractivity contribution is 0.0512. The molecular weight excluding hydrogens is 728 g/mol. The monoisotopic (exact) mass is 774 g/mol. The Hall–Kier alpha value is -5.27. The molecule has 57 heavy (non-hydrogen) atoms. The number of amides is 1. The molecule has 5 aliphatic heterocycles. The number of piperazine rings is 1. The molecule has 0 N–H and O–H groups in total. The van der Waals surface area contributed by atoms with Crippen LogP contribution >= 0.6 is 0 Å². The normalized spacial score (nSPS) is 25.0. The lowest BCUT2D eigenvalue weighted by atomic mass is 9.95. The molecule has 5 aromatic rings. The zero-order chi connectivity index (χ0) is 38.7. The summed E-state index contributed by atoms with van der Waals surface area (Å²) in [5, 5.41) is 2.80. The second-order valence-electron chi connectivity index (χ2n) is 16.1. The Labute approximate surface area is 330 Å². The van der Waals surface area contributed by atoms with Gasteiger partial charge < -0.3 is 28.6 Å². The van der Waals surface area contributed by atoms with Crippen molar-refractivity contribution in [1.29, 1.82) is 0 Å². The van der Waals surface area contributed by atoms with Gasteiger partial charge in [-0.3, -0.25) is 9.80 Å². The molecular formula is C44H47FN6O6. The Balaban J connectivity index is 1.06. The van der Waals surface area contributed by atoms with Gasteiger partial charge in [0.05, 0.1) is 34.9 Å². The highest BCUT2D eigenvalue weighted by atomic mass is 19.1. The number of rotatable bonds is 10. The molecule has 2 bridgehead atoms. The number of aryl methyl sites for hydroxylation is 1. The number of hydrogen-bond donors (Lipinski definition) is 0. The molecule has 12 nitrogen and oxygen atoms in total. The Morgan fingerprint density at radius 3 is 2.74 bits per heavy atom. The first-order valence-electron chi connectivity index (χ1n) is 20.2. The molecule has 296 valence electrons. The summed E-state index contributed by atoms with van der Waals surface area (Å²) in [6, 6.07) is 21.8. The van der Waals surface area contributed by atoms with Crippen LogP contribution in [0.15, 0.2) is 66.7 Å². The van der Waals surface area contributed by atoms with E-state index >= 15 is 0 Å². The topological polar surface area (TPSA) is 112 Å². The van der Waals surface area contributed by atoms with E-state index < -0.39 is 6.17 Å². The zero-order valence-electron chi connectivity index (χ0n) is 32.4. The van der Waals surface area contributed by atoms with Gasteiger partial charge in [-0.05, 0) is 78.7 Å². The van der Waals surface area contributed by atoms with Gasteiger partial charge in [0.2, 0.25) is 5.88 Å². The van der Waals surface area contributed by atoms with Crippen molar-refractivity contribution in [2.45, 2.75) is 81.9 Å². The molecule has 3 aromatic carbocycles. The Bertz CT molecular complexity index is 2330. The molecule has 7 heterocycles. The number of fused-ring (bicyclic) bond motifs is 7. The Morgan fingerprint density at radius 2 is 1.88 bits per heavy atom. The van der Waals surface area contributed by atoms with Crippen LogP contribution in [0.25, 0.3) is 32.9 Å². The minimum absolute atomic E-state index is 0.0720. The lowest BCUT2D eigenvalue weighted by Gasteiger charge is -2.45. The SMILES string of the molecule is CCc1cccc2cc(OCOC)cc(-c3cc4nc(OC[C@@]56CCCN5C[C@H](F)C6)nc5c4c(n3)OCC3[C@H]4CC[C@@H](CN53)N4C(=O)OCc3ccccc3)c12. The molecule has 5 aliphatic rings. The summed E-state index contributed by atoms with van der Waals surface area (Å²) in [5.74, 6) is 1.76. The molecule has 0 saturated carbocycles. The number of anilines is 1. The number of carbonyl (C=O) groups excluding carboxylic acids is 1. The highest BCUT2D eigenvalue weighted by molar-refractivity contribution is 6.03. The highest BCUT2D eigenvalue weighted by Crippen LogP contribution is 2.46. The van der Waals surface area contributed by atoms with Gasteiger partial charge in [0.15, 0.2) is 6.79 Å². The van der Waals surface area contributed by atoms with Gasteiger partial charge in [0, 0.05) is 32.2 Å². The molecule has 1 amide bonds. The minimum atomic E-state index is -0.872. The predicted molar refractivity (Wildman–Crippen MR) is 213 cm³/mol. The van der Waals surface area contributed by atoms with Gasteiger partial charge in [-0.1, -0.05) is 55.5 Å². The maximum absolute atomic E-state index is 14.8. The van der Waals surface area contributed by atoms with Crippen LogP contribution in [0.3, 0.4) is 0 Å². The third kappa shape index (κ3) is 6.35. The van der Waals surface area contributed by atoms with Crippen molar-refractivity contribution in [2.24, 2.45) is 0 Å². The molecule has 4 saturated heterocycles. The first-order valence-corrected chi connectivity index (χ1v) is 20.2. The summed E-state index contributed by atoms with van der Waals surface area (Å²) in [7, 11) is 1.60. The Kier molecular flexibility index (Phi) is 9.24. The van der Waals surface area contributed by atoms with E-state index in [4.69, 9.17) is 38.6 Å². The van der Waals surface area contributed by atoms with Gasteiger partial charge in [-0.15, -0.1) is 0 Å². The maximum Gasteiger partial charge on any atom is 0.410 e. The standard InChI is InChI=1S/C44H47FN6O6/c1-3-28-11-7-12-29-17-32(57-26-53-2)18-33(38(28)29)34-19-35-39-40(48-42(47-35)56-25-44-15-8-16-49(44)21-30(45)20-44)50-22-31-13-14-36(37(50)24-54-41(39)46-34)51(31)43(52)55-23-27-9-5-4-6-10-27/h4-7,9-12,17-19,30-31,36-37H,3,8,13-16,20-26H2,1-2H3/t30-,31+,36-,37?,44+/m1/s1. The molecule has 4 fully saturated rings. The van der Waals surface area contributed by atoms with Crippen molar-refractivity contribution < 1.29 is 32.9 Å². The van der Waals surface area contributed by atoms with Gasteiger partial charge in [-0.25, -0.2) is 14.2 Å². The number of nitrogens with zero attached hydrogens (tertiary/aromatic N) is 6. The zero-order valence-corrected chi connectivity index (χ0v) is 32.4. The smallest absolute Gasteiger partial charge is 0.410 e. The number of methoxy groups -OCH3 is 1. The van der Waals surface area contributed by atoms with Crippen LogP contribution in [-0.4, -0.2) is 107 Å². The van der Waals surface area contributed by atoms with E-state index in [0.717, 1.165) is 60.5 Å². The molecule has 10 rings (SSSR count). The summed E-state index contributed by atoms with van der Waals surface area (Å²) in [4.78, 5) is 35.6. The lowest BCUT2D eigenvalue weighted by Crippen LogP contribution is -2.63. The molecule has 2 aromatic heterocycles. The van der Waals surface area contributed by atoms with E-state index in [1.165, 1.54) is 5.56 Å². The third-order valence-corrected chi connectivity index (χ3v) is 12.8. The molecule has 1 unspecified atom stereocenters. The molecule has 0 aliphatic carbocycles. The summed E-state index contributed by atoms with van der Waals surface area (Å²) >= 11 is 0. The summed E-state index contributed by atoms with van der Waals surface area (Å²) in [6.07, 6.45) is 3.63. The minimum Gasteiger partial charge on any atom is -0.475 e. The summed E-state index contributed by atoms with van der Waals surface area (Å²) < 4.78 is 45.2. The van der Waals surface area contributed by atoms with E-state index in [9.17, 15) is 9.18 Å². The van der Waals surface area contributed by atoms with Gasteiger partial charge in [0.1, 0.15) is 42.9 Å². The second-order valence-corrected chi connectivity index (χ2v) is 16.1. The van der Waals surface area contributed by atoms with Crippen molar-refractivity contribution in [2.75, 3.05) is 51.7 Å². The van der Waals surface area contributed by atoms with Gasteiger partial charge in [-0.2, -0.15) is 9.97 Å². The van der Waals surface area contributed by atoms with Crippen molar-refractivity contribution in [1.82, 2.24) is 24.8 Å². The second kappa shape index (κ2) is 14.6. The van der Waals surface area contributed by atoms with E-state index in [1.807, 2.05) is 53.4 Å². The number of alkyl halides is 1. The van der Waals surface area contributed by atoms with E-state index in [1.54, 1.807) is 7.11 Å². The van der Waals surface area contributed by atoms with Crippen molar-refractivity contribution in [3.63, 3.8) is 0 Å². The first kappa shape index (κ1) is 36.1. The average molecular weight is 775 g/mol. The van der Waals surface area contributed by atoms with Crippen LogP contribution in [0, 0.1) is 0 Å². The van der Waals surface area contributed by atoms with Crippen LogP contribution in [-0.2, 0) is 22.5 Å². The van der Waals surface area contributed by atoms with Crippen LogP contribution in [0.2, 0.25) is 0 Å². The Morgan fingerprint density at radius 1 is 0.982 bits per heavy atom. The fourth-order valence-electron chi connectivity index (χ4n) is 10.2. The number of halogens is 1. The number of carbonyl (C=O) groups is 1. The van der Waals surface area contributed by atoms with Gasteiger partial charge >= 0.3 is 12.1 Å². The van der Waals surface area contributed by atoms with E-state index in [2.05, 4.69) is 34.9 Å². The molecule has 13 heteroatoms. The van der Waals surface area contributed by atoms with Crippen molar-refractivity contribution in [3.8, 4) is 28.9 Å².